The van der Waals surface area contributed by atoms with Crippen LogP contribution >= 0.6 is 34.8 Å². The lowest BCUT2D eigenvalue weighted by Gasteiger charge is -2.15. The minimum atomic E-state index is -4.02. The van der Waals surface area contributed by atoms with E-state index in [0.29, 0.717) is 28.0 Å². The number of rotatable bonds is 7. The zero-order valence-corrected chi connectivity index (χ0v) is 19.2. The van der Waals surface area contributed by atoms with Gasteiger partial charge in [-0.2, -0.15) is 0 Å². The van der Waals surface area contributed by atoms with E-state index in [4.69, 9.17) is 39.5 Å². The van der Waals surface area contributed by atoms with E-state index >= 15 is 0 Å². The molecule has 31 heavy (non-hydrogen) atoms. The van der Waals surface area contributed by atoms with E-state index in [1.807, 2.05) is 0 Å². The van der Waals surface area contributed by atoms with Crippen LogP contribution in [0.1, 0.15) is 17.3 Å². The van der Waals surface area contributed by atoms with Gasteiger partial charge in [0, 0.05) is 15.6 Å². The lowest BCUT2D eigenvalue weighted by atomic mass is 10.2. The van der Waals surface area contributed by atoms with Gasteiger partial charge >= 0.3 is 0 Å². The van der Waals surface area contributed by atoms with E-state index in [1.54, 1.807) is 25.1 Å². The van der Waals surface area contributed by atoms with Crippen LogP contribution in [0.4, 0.5) is 11.4 Å². The number of anilines is 2. The van der Waals surface area contributed by atoms with Crippen molar-refractivity contribution < 1.29 is 17.9 Å². The maximum Gasteiger partial charge on any atom is 0.262 e. The average molecular weight is 500 g/mol. The van der Waals surface area contributed by atoms with Crippen molar-refractivity contribution in [2.75, 3.05) is 16.6 Å². The van der Waals surface area contributed by atoms with Gasteiger partial charge in [0.15, 0.2) is 0 Å². The molecule has 0 aliphatic carbocycles. The van der Waals surface area contributed by atoms with Crippen molar-refractivity contribution in [2.24, 2.45) is 0 Å². The second-order valence-electron chi connectivity index (χ2n) is 6.29. The van der Waals surface area contributed by atoms with Gasteiger partial charge < -0.3 is 10.1 Å². The molecular weight excluding hydrogens is 483 g/mol. The molecule has 0 radical (unpaired) electrons. The summed E-state index contributed by atoms with van der Waals surface area (Å²) in [4.78, 5) is 12.5. The Labute approximate surface area is 195 Å². The van der Waals surface area contributed by atoms with Gasteiger partial charge in [-0.3, -0.25) is 9.52 Å². The first-order chi connectivity index (χ1) is 14.7. The van der Waals surface area contributed by atoms with Gasteiger partial charge in [-0.15, -0.1) is 0 Å². The predicted molar refractivity (Wildman–Crippen MR) is 124 cm³/mol. The summed E-state index contributed by atoms with van der Waals surface area (Å²) in [6.07, 6.45) is 0. The fourth-order valence-corrected chi connectivity index (χ4v) is 4.46. The quantitative estimate of drug-likeness (QED) is 0.411. The van der Waals surface area contributed by atoms with Crippen LogP contribution in [0, 0.1) is 0 Å². The SMILES string of the molecule is CCOc1ccc(S(=O)(=O)Nc2ccc(Cl)cc2Cl)cc1NC(=O)c1cccc(Cl)c1. The summed E-state index contributed by atoms with van der Waals surface area (Å²) in [5, 5.41) is 3.60. The molecular formula is C21H17Cl3N2O4S. The summed E-state index contributed by atoms with van der Waals surface area (Å²) in [7, 11) is -4.02. The zero-order chi connectivity index (χ0) is 22.6. The van der Waals surface area contributed by atoms with Gasteiger partial charge in [-0.1, -0.05) is 40.9 Å². The van der Waals surface area contributed by atoms with Gasteiger partial charge in [0.2, 0.25) is 0 Å². The van der Waals surface area contributed by atoms with Crippen LogP contribution in [0.15, 0.2) is 65.6 Å². The van der Waals surface area contributed by atoms with E-state index in [0.717, 1.165) is 0 Å². The summed E-state index contributed by atoms with van der Waals surface area (Å²) in [6, 6.07) is 14.9. The number of carbonyl (C=O) groups is 1. The highest BCUT2D eigenvalue weighted by Crippen LogP contribution is 2.31. The lowest BCUT2D eigenvalue weighted by Crippen LogP contribution is -2.16. The number of benzene rings is 3. The van der Waals surface area contributed by atoms with Crippen molar-refractivity contribution in [1.82, 2.24) is 0 Å². The molecule has 0 bridgehead atoms. The van der Waals surface area contributed by atoms with Crippen LogP contribution in [-0.4, -0.2) is 20.9 Å². The first kappa shape index (κ1) is 23.2. The molecule has 10 heteroatoms. The molecule has 0 aliphatic rings. The van der Waals surface area contributed by atoms with E-state index in [9.17, 15) is 13.2 Å². The molecule has 0 fully saturated rings. The van der Waals surface area contributed by atoms with Crippen LogP contribution in [0.2, 0.25) is 15.1 Å². The van der Waals surface area contributed by atoms with E-state index < -0.39 is 15.9 Å². The number of amides is 1. The number of hydrogen-bond acceptors (Lipinski definition) is 4. The molecule has 2 N–H and O–H groups in total. The molecule has 0 saturated carbocycles. The Morgan fingerprint density at radius 1 is 0.935 bits per heavy atom. The summed E-state index contributed by atoms with van der Waals surface area (Å²) < 4.78 is 33.7. The van der Waals surface area contributed by atoms with Crippen molar-refractivity contribution >= 4 is 62.1 Å². The monoisotopic (exact) mass is 498 g/mol. The molecule has 0 spiro atoms. The fraction of sp³-hybridized carbons (Fsp3) is 0.0952. The van der Waals surface area contributed by atoms with Gasteiger partial charge in [-0.05, 0) is 61.5 Å². The minimum Gasteiger partial charge on any atom is -0.492 e. The van der Waals surface area contributed by atoms with Crippen LogP contribution in [0.25, 0.3) is 0 Å². The minimum absolute atomic E-state index is 0.0941. The molecule has 0 unspecified atom stereocenters. The van der Waals surface area contributed by atoms with E-state index in [1.165, 1.54) is 42.5 Å². The van der Waals surface area contributed by atoms with Gasteiger partial charge in [-0.25, -0.2) is 8.42 Å². The van der Waals surface area contributed by atoms with Crippen LogP contribution in [0.5, 0.6) is 5.75 Å². The van der Waals surface area contributed by atoms with E-state index in [-0.39, 0.29) is 21.3 Å². The summed E-state index contributed by atoms with van der Waals surface area (Å²) in [5.74, 6) is -0.145. The molecule has 3 aromatic rings. The van der Waals surface area contributed by atoms with Gasteiger partial charge in [0.05, 0.1) is 27.9 Å². The van der Waals surface area contributed by atoms with E-state index in [2.05, 4.69) is 10.0 Å². The average Bonchev–Trinajstić information content (AvgIpc) is 2.71. The van der Waals surface area contributed by atoms with Crippen LogP contribution < -0.4 is 14.8 Å². The summed E-state index contributed by atoms with van der Waals surface area (Å²) in [6.45, 7) is 2.10. The summed E-state index contributed by atoms with van der Waals surface area (Å²) in [5.41, 5.74) is 0.677. The predicted octanol–water partition coefficient (Wildman–Crippen LogP) is 6.10. The molecule has 162 valence electrons. The smallest absolute Gasteiger partial charge is 0.262 e. The third-order valence-electron chi connectivity index (χ3n) is 4.07. The molecule has 0 heterocycles. The topological polar surface area (TPSA) is 84.5 Å². The number of carbonyl (C=O) groups excluding carboxylic acids is 1. The molecule has 6 nitrogen and oxygen atoms in total. The normalized spacial score (nSPS) is 11.1. The Balaban J connectivity index is 1.94. The van der Waals surface area contributed by atoms with Crippen molar-refractivity contribution in [3.05, 3.63) is 81.3 Å². The first-order valence-corrected chi connectivity index (χ1v) is 11.6. The number of sulfonamides is 1. The third-order valence-corrected chi connectivity index (χ3v) is 6.22. The number of nitrogens with one attached hydrogen (secondary N) is 2. The maximum atomic E-state index is 12.9. The zero-order valence-electron chi connectivity index (χ0n) is 16.2. The maximum absolute atomic E-state index is 12.9. The Kier molecular flexibility index (Phi) is 7.33. The molecule has 1 amide bonds. The van der Waals surface area contributed by atoms with Crippen molar-refractivity contribution in [3.8, 4) is 5.75 Å². The van der Waals surface area contributed by atoms with Crippen molar-refractivity contribution in [1.29, 1.82) is 0 Å². The highest BCUT2D eigenvalue weighted by molar-refractivity contribution is 7.92. The molecule has 0 atom stereocenters. The molecule has 3 aromatic carbocycles. The number of halogens is 3. The molecule has 3 rings (SSSR count). The second-order valence-corrected chi connectivity index (χ2v) is 9.25. The standard InChI is InChI=1S/C21H17Cl3N2O4S/c1-2-30-20-9-7-16(31(28,29)26-18-8-6-15(23)11-17(18)24)12-19(20)25-21(27)13-4-3-5-14(22)10-13/h3-12,26H,2H2,1H3,(H,25,27). The van der Waals surface area contributed by atoms with Crippen molar-refractivity contribution in [3.63, 3.8) is 0 Å². The highest BCUT2D eigenvalue weighted by atomic mass is 35.5. The Hall–Kier alpha value is -2.45. The van der Waals surface area contributed by atoms with Gasteiger partial charge in [0.25, 0.3) is 15.9 Å². The first-order valence-electron chi connectivity index (χ1n) is 9.01. The Morgan fingerprint density at radius 3 is 2.35 bits per heavy atom. The largest absolute Gasteiger partial charge is 0.492 e. The third kappa shape index (κ3) is 5.83. The Bertz CT molecular complexity index is 1230. The molecule has 0 aromatic heterocycles. The Morgan fingerprint density at radius 2 is 1.68 bits per heavy atom. The summed E-state index contributed by atoms with van der Waals surface area (Å²) >= 11 is 17.9. The van der Waals surface area contributed by atoms with Crippen molar-refractivity contribution in [2.45, 2.75) is 11.8 Å². The van der Waals surface area contributed by atoms with Crippen LogP contribution in [-0.2, 0) is 10.0 Å². The molecule has 0 aliphatic heterocycles. The number of ether oxygens (including phenoxy) is 1. The number of hydrogen-bond donors (Lipinski definition) is 2. The van der Waals surface area contributed by atoms with Gasteiger partial charge in [0.1, 0.15) is 5.75 Å². The lowest BCUT2D eigenvalue weighted by molar-refractivity contribution is 0.102. The molecule has 0 saturated heterocycles. The fourth-order valence-electron chi connectivity index (χ4n) is 2.66. The van der Waals surface area contributed by atoms with Crippen LogP contribution in [0.3, 0.4) is 0 Å². The highest BCUT2D eigenvalue weighted by Gasteiger charge is 2.20. The second kappa shape index (κ2) is 9.78.